The number of aromatic hydroxyl groups is 1. The molecule has 0 unspecified atom stereocenters. The van der Waals surface area contributed by atoms with Gasteiger partial charge in [0.05, 0.1) is 22.7 Å². The maximum atomic E-state index is 13.1. The van der Waals surface area contributed by atoms with Crippen molar-refractivity contribution in [1.82, 2.24) is 9.66 Å². The SMILES string of the molecule is NC(=O)c1ccccc1OCc1nc2ccccc2c(=O)n1N=Cc1ccccc1O. The van der Waals surface area contributed by atoms with E-state index in [-0.39, 0.29) is 35.1 Å². The highest BCUT2D eigenvalue weighted by molar-refractivity contribution is 5.95. The van der Waals surface area contributed by atoms with E-state index < -0.39 is 5.91 Å². The first-order valence-corrected chi connectivity index (χ1v) is 9.39. The van der Waals surface area contributed by atoms with Gasteiger partial charge in [-0.05, 0) is 36.4 Å². The summed E-state index contributed by atoms with van der Waals surface area (Å²) in [5.41, 5.74) is 6.16. The van der Waals surface area contributed by atoms with Crippen molar-refractivity contribution in [2.75, 3.05) is 0 Å². The molecule has 31 heavy (non-hydrogen) atoms. The molecule has 0 bridgehead atoms. The number of amides is 1. The van der Waals surface area contributed by atoms with Gasteiger partial charge in [-0.2, -0.15) is 9.78 Å². The number of carbonyl (C=O) groups excluding carboxylic acids is 1. The van der Waals surface area contributed by atoms with Crippen LogP contribution in [0.5, 0.6) is 11.5 Å². The number of benzene rings is 3. The second-order valence-electron chi connectivity index (χ2n) is 6.61. The molecule has 0 saturated carbocycles. The first kappa shape index (κ1) is 19.8. The molecule has 154 valence electrons. The fourth-order valence-corrected chi connectivity index (χ4v) is 3.04. The third kappa shape index (κ3) is 4.13. The zero-order valence-corrected chi connectivity index (χ0v) is 16.3. The molecule has 3 N–H and O–H groups in total. The third-order valence-electron chi connectivity index (χ3n) is 4.58. The molecule has 0 aliphatic rings. The van der Waals surface area contributed by atoms with E-state index in [0.29, 0.717) is 16.5 Å². The molecule has 0 aliphatic carbocycles. The fourth-order valence-electron chi connectivity index (χ4n) is 3.04. The van der Waals surface area contributed by atoms with E-state index >= 15 is 0 Å². The first-order valence-electron chi connectivity index (χ1n) is 9.39. The van der Waals surface area contributed by atoms with Crippen LogP contribution in [0.3, 0.4) is 0 Å². The number of phenolic OH excluding ortho intramolecular Hbond substituents is 1. The minimum absolute atomic E-state index is 0.0289. The topological polar surface area (TPSA) is 120 Å². The average Bonchev–Trinajstić information content (AvgIpc) is 2.78. The second-order valence-corrected chi connectivity index (χ2v) is 6.61. The average molecular weight is 414 g/mol. The largest absolute Gasteiger partial charge is 0.507 e. The fraction of sp³-hybridized carbons (Fsp3) is 0.0435. The molecule has 0 spiro atoms. The molecule has 4 aromatic rings. The van der Waals surface area contributed by atoms with Crippen LogP contribution < -0.4 is 16.0 Å². The summed E-state index contributed by atoms with van der Waals surface area (Å²) in [4.78, 5) is 29.2. The van der Waals surface area contributed by atoms with Crippen molar-refractivity contribution < 1.29 is 14.6 Å². The molecular formula is C23H18N4O4. The number of nitrogens with zero attached hydrogens (tertiary/aromatic N) is 3. The molecule has 1 amide bonds. The molecule has 8 heteroatoms. The molecule has 0 saturated heterocycles. The van der Waals surface area contributed by atoms with Gasteiger partial charge in [0.25, 0.3) is 11.5 Å². The van der Waals surface area contributed by atoms with Gasteiger partial charge in [-0.15, -0.1) is 0 Å². The normalized spacial score (nSPS) is 11.1. The van der Waals surface area contributed by atoms with Gasteiger partial charge < -0.3 is 15.6 Å². The van der Waals surface area contributed by atoms with Crippen molar-refractivity contribution in [2.45, 2.75) is 6.61 Å². The minimum Gasteiger partial charge on any atom is -0.507 e. The molecule has 0 aliphatic heterocycles. The number of rotatable bonds is 6. The summed E-state index contributed by atoms with van der Waals surface area (Å²) in [5, 5.41) is 14.6. The van der Waals surface area contributed by atoms with E-state index in [2.05, 4.69) is 10.1 Å². The lowest BCUT2D eigenvalue weighted by Crippen LogP contribution is -2.24. The molecule has 1 aromatic heterocycles. The first-order chi connectivity index (χ1) is 15.0. The Morgan fingerprint density at radius 2 is 1.77 bits per heavy atom. The number of carbonyl (C=O) groups is 1. The lowest BCUT2D eigenvalue weighted by molar-refractivity contribution is 0.0995. The molecule has 0 radical (unpaired) electrons. The summed E-state index contributed by atoms with van der Waals surface area (Å²) in [6.07, 6.45) is 1.37. The molecular weight excluding hydrogens is 396 g/mol. The number of phenols is 1. The zero-order valence-electron chi connectivity index (χ0n) is 16.3. The van der Waals surface area contributed by atoms with Crippen LogP contribution in [0, 0.1) is 0 Å². The van der Waals surface area contributed by atoms with Crippen molar-refractivity contribution in [2.24, 2.45) is 10.8 Å². The van der Waals surface area contributed by atoms with Crippen LogP contribution in [0.25, 0.3) is 10.9 Å². The number of fused-ring (bicyclic) bond motifs is 1. The number of para-hydroxylation sites is 3. The Morgan fingerprint density at radius 3 is 2.58 bits per heavy atom. The van der Waals surface area contributed by atoms with Gasteiger partial charge in [0, 0.05) is 5.56 Å². The third-order valence-corrected chi connectivity index (χ3v) is 4.58. The maximum absolute atomic E-state index is 13.1. The van der Waals surface area contributed by atoms with Gasteiger partial charge in [-0.25, -0.2) is 4.98 Å². The number of hydrogen-bond acceptors (Lipinski definition) is 6. The summed E-state index contributed by atoms with van der Waals surface area (Å²) in [6.45, 7) is -0.136. The van der Waals surface area contributed by atoms with Crippen molar-refractivity contribution in [3.63, 3.8) is 0 Å². The second kappa shape index (κ2) is 8.50. The predicted octanol–water partition coefficient (Wildman–Crippen LogP) is 2.66. The Bertz CT molecular complexity index is 1360. The Kier molecular flexibility index (Phi) is 5.44. The van der Waals surface area contributed by atoms with Gasteiger partial charge in [-0.3, -0.25) is 9.59 Å². The molecule has 1 heterocycles. The molecule has 8 nitrogen and oxygen atoms in total. The smallest absolute Gasteiger partial charge is 0.282 e. The number of hydrogen-bond donors (Lipinski definition) is 2. The zero-order chi connectivity index (χ0) is 21.8. The quantitative estimate of drug-likeness (QED) is 0.470. The lowest BCUT2D eigenvalue weighted by atomic mass is 10.2. The van der Waals surface area contributed by atoms with E-state index in [4.69, 9.17) is 10.5 Å². The van der Waals surface area contributed by atoms with Crippen LogP contribution in [0.1, 0.15) is 21.7 Å². The molecule has 0 atom stereocenters. The van der Waals surface area contributed by atoms with Crippen LogP contribution in [0.2, 0.25) is 0 Å². The summed E-state index contributed by atoms with van der Waals surface area (Å²) in [6, 6.07) is 20.0. The van der Waals surface area contributed by atoms with Crippen LogP contribution in [-0.2, 0) is 6.61 Å². The van der Waals surface area contributed by atoms with Gasteiger partial charge in [0.1, 0.15) is 18.1 Å². The molecule has 3 aromatic carbocycles. The van der Waals surface area contributed by atoms with Gasteiger partial charge in [0.15, 0.2) is 5.82 Å². The predicted molar refractivity (Wildman–Crippen MR) is 116 cm³/mol. The summed E-state index contributed by atoms with van der Waals surface area (Å²) in [5.74, 6) is -0.110. The Labute approximate surface area is 176 Å². The van der Waals surface area contributed by atoms with Crippen molar-refractivity contribution >= 4 is 23.0 Å². The van der Waals surface area contributed by atoms with Crippen molar-refractivity contribution in [1.29, 1.82) is 0 Å². The monoisotopic (exact) mass is 414 g/mol. The van der Waals surface area contributed by atoms with E-state index in [0.717, 1.165) is 4.68 Å². The summed E-state index contributed by atoms with van der Waals surface area (Å²) >= 11 is 0. The van der Waals surface area contributed by atoms with E-state index in [1.165, 1.54) is 12.3 Å². The summed E-state index contributed by atoms with van der Waals surface area (Å²) < 4.78 is 6.87. The van der Waals surface area contributed by atoms with Gasteiger partial charge >= 0.3 is 0 Å². The van der Waals surface area contributed by atoms with Crippen molar-refractivity contribution in [3.8, 4) is 11.5 Å². The Morgan fingerprint density at radius 1 is 1.06 bits per heavy atom. The highest BCUT2D eigenvalue weighted by atomic mass is 16.5. The highest BCUT2D eigenvalue weighted by Crippen LogP contribution is 2.19. The minimum atomic E-state index is -0.628. The standard InChI is InChI=1S/C23H18N4O4/c24-22(29)17-9-3-6-12-20(17)31-14-21-26-18-10-4-2-8-16(18)23(30)27(21)25-13-15-7-1-5-11-19(15)28/h1-13,28H,14H2,(H2,24,29). The van der Waals surface area contributed by atoms with Crippen LogP contribution >= 0.6 is 0 Å². The van der Waals surface area contributed by atoms with E-state index in [1.807, 2.05) is 0 Å². The highest BCUT2D eigenvalue weighted by Gasteiger charge is 2.14. The number of aromatic nitrogens is 2. The lowest BCUT2D eigenvalue weighted by Gasteiger charge is -2.12. The number of primary amides is 1. The Balaban J connectivity index is 1.77. The summed E-state index contributed by atoms with van der Waals surface area (Å²) in [7, 11) is 0. The van der Waals surface area contributed by atoms with Crippen LogP contribution in [0.4, 0.5) is 0 Å². The molecule has 4 rings (SSSR count). The van der Waals surface area contributed by atoms with Gasteiger partial charge in [0.2, 0.25) is 0 Å². The maximum Gasteiger partial charge on any atom is 0.282 e. The van der Waals surface area contributed by atoms with Crippen LogP contribution in [-0.4, -0.2) is 26.9 Å². The number of nitrogens with two attached hydrogens (primary N) is 1. The van der Waals surface area contributed by atoms with E-state index in [1.54, 1.807) is 66.7 Å². The Hall–Kier alpha value is -4.46. The molecule has 0 fully saturated rings. The van der Waals surface area contributed by atoms with E-state index in [9.17, 15) is 14.7 Å². The van der Waals surface area contributed by atoms with Crippen molar-refractivity contribution in [3.05, 3.63) is 100 Å². The van der Waals surface area contributed by atoms with Crippen LogP contribution in [0.15, 0.2) is 82.7 Å². The number of ether oxygens (including phenoxy) is 1. The van der Waals surface area contributed by atoms with Gasteiger partial charge in [-0.1, -0.05) is 36.4 Å².